The molecule has 100 valence electrons. The molecule has 0 fully saturated rings. The summed E-state index contributed by atoms with van der Waals surface area (Å²) < 4.78 is 0. The van der Waals surface area contributed by atoms with Crippen molar-refractivity contribution in [3.8, 4) is 0 Å². The Morgan fingerprint density at radius 3 is 2.06 bits per heavy atom. The predicted molar refractivity (Wildman–Crippen MR) is 67.0 cm³/mol. The van der Waals surface area contributed by atoms with Crippen LogP contribution in [0.2, 0.25) is 0 Å². The van der Waals surface area contributed by atoms with E-state index in [1.54, 1.807) is 0 Å². The number of carboxylic acid groups (broad SMARTS) is 1. The lowest BCUT2D eigenvalue weighted by atomic mass is 10.1. The number of hydrogen-bond donors (Lipinski definition) is 3. The van der Waals surface area contributed by atoms with E-state index in [-0.39, 0.29) is 12.1 Å². The van der Waals surface area contributed by atoms with E-state index in [9.17, 15) is 9.59 Å². The number of amides is 2. The molecule has 0 aliphatic heterocycles. The van der Waals surface area contributed by atoms with Gasteiger partial charge in [0.15, 0.2) is 0 Å². The summed E-state index contributed by atoms with van der Waals surface area (Å²) in [5.74, 6) is -0.981. The topological polar surface area (TPSA) is 78.4 Å². The Hall–Kier alpha value is -1.26. The van der Waals surface area contributed by atoms with E-state index < -0.39 is 12.0 Å². The maximum absolute atomic E-state index is 11.6. The molecular weight excluding hydrogens is 220 g/mol. The molecule has 0 saturated heterocycles. The highest BCUT2D eigenvalue weighted by Gasteiger charge is 2.19. The Morgan fingerprint density at radius 1 is 1.06 bits per heavy atom. The monoisotopic (exact) mass is 244 g/mol. The van der Waals surface area contributed by atoms with Gasteiger partial charge in [0.1, 0.15) is 6.04 Å². The van der Waals surface area contributed by atoms with Crippen LogP contribution in [0.4, 0.5) is 4.79 Å². The summed E-state index contributed by atoms with van der Waals surface area (Å²) in [5, 5.41) is 14.2. The van der Waals surface area contributed by atoms with Crippen molar-refractivity contribution in [2.24, 2.45) is 0 Å². The fraction of sp³-hybridized carbons (Fsp3) is 0.833. The van der Waals surface area contributed by atoms with Crippen LogP contribution in [0.15, 0.2) is 0 Å². The first-order valence-corrected chi connectivity index (χ1v) is 6.34. The second-order valence-corrected chi connectivity index (χ2v) is 4.19. The lowest BCUT2D eigenvalue weighted by Crippen LogP contribution is -2.48. The van der Waals surface area contributed by atoms with Crippen LogP contribution in [-0.2, 0) is 4.79 Å². The van der Waals surface area contributed by atoms with Gasteiger partial charge in [-0.05, 0) is 19.3 Å². The number of carbonyl (C=O) groups is 2. The molecule has 0 aliphatic carbocycles. The van der Waals surface area contributed by atoms with Crippen molar-refractivity contribution < 1.29 is 14.7 Å². The highest BCUT2D eigenvalue weighted by atomic mass is 16.4. The molecule has 2 atom stereocenters. The van der Waals surface area contributed by atoms with Gasteiger partial charge in [0.2, 0.25) is 0 Å². The summed E-state index contributed by atoms with van der Waals surface area (Å²) >= 11 is 0. The molecule has 0 aromatic heterocycles. The first-order valence-electron chi connectivity index (χ1n) is 6.34. The van der Waals surface area contributed by atoms with Crippen molar-refractivity contribution >= 4 is 12.0 Å². The van der Waals surface area contributed by atoms with Crippen LogP contribution in [0.3, 0.4) is 0 Å². The molecule has 0 aromatic carbocycles. The summed E-state index contributed by atoms with van der Waals surface area (Å²) in [4.78, 5) is 22.5. The largest absolute Gasteiger partial charge is 0.480 e. The number of hydrogen-bond acceptors (Lipinski definition) is 2. The number of aliphatic carboxylic acids is 1. The normalized spacial score (nSPS) is 13.8. The van der Waals surface area contributed by atoms with Crippen molar-refractivity contribution in [3.63, 3.8) is 0 Å². The van der Waals surface area contributed by atoms with Crippen LogP contribution >= 0.6 is 0 Å². The summed E-state index contributed by atoms with van der Waals surface area (Å²) in [6, 6.07) is -1.05. The first kappa shape index (κ1) is 15.7. The smallest absolute Gasteiger partial charge is 0.326 e. The maximum Gasteiger partial charge on any atom is 0.326 e. The van der Waals surface area contributed by atoms with E-state index in [1.165, 1.54) is 0 Å². The van der Waals surface area contributed by atoms with Crippen molar-refractivity contribution in [1.82, 2.24) is 10.6 Å². The van der Waals surface area contributed by atoms with Gasteiger partial charge >= 0.3 is 12.0 Å². The standard InChI is InChI=1S/C12H24N2O3/c1-4-7-9(6-3)13-12(17)14-10(8-5-2)11(15)16/h9-10H,4-8H2,1-3H3,(H,15,16)(H2,13,14,17)/t9?,10-/m0/s1. The van der Waals surface area contributed by atoms with Crippen molar-refractivity contribution in [3.05, 3.63) is 0 Å². The minimum Gasteiger partial charge on any atom is -0.480 e. The zero-order valence-corrected chi connectivity index (χ0v) is 11.0. The second-order valence-electron chi connectivity index (χ2n) is 4.19. The van der Waals surface area contributed by atoms with Crippen LogP contribution in [0, 0.1) is 0 Å². The number of carbonyl (C=O) groups excluding carboxylic acids is 1. The van der Waals surface area contributed by atoms with E-state index >= 15 is 0 Å². The molecule has 0 saturated carbocycles. The van der Waals surface area contributed by atoms with Crippen LogP contribution in [0.1, 0.15) is 52.9 Å². The lowest BCUT2D eigenvalue weighted by Gasteiger charge is -2.19. The third kappa shape index (κ3) is 6.81. The Morgan fingerprint density at radius 2 is 1.65 bits per heavy atom. The van der Waals surface area contributed by atoms with Gasteiger partial charge in [0.05, 0.1) is 0 Å². The quantitative estimate of drug-likeness (QED) is 0.612. The zero-order chi connectivity index (χ0) is 13.3. The SMILES string of the molecule is CCCC(CC)NC(=O)N[C@@H](CCC)C(=O)O. The molecule has 0 aliphatic rings. The molecular formula is C12H24N2O3. The van der Waals surface area contributed by atoms with Gasteiger partial charge in [-0.25, -0.2) is 9.59 Å². The molecule has 17 heavy (non-hydrogen) atoms. The Kier molecular flexibility index (Phi) is 8.19. The number of carboxylic acids is 1. The summed E-state index contributed by atoms with van der Waals surface area (Å²) in [6.07, 6.45) is 3.94. The van der Waals surface area contributed by atoms with Crippen LogP contribution < -0.4 is 10.6 Å². The van der Waals surface area contributed by atoms with Gasteiger partial charge in [0.25, 0.3) is 0 Å². The fourth-order valence-corrected chi connectivity index (χ4v) is 1.66. The second kappa shape index (κ2) is 8.84. The fourth-order valence-electron chi connectivity index (χ4n) is 1.66. The highest BCUT2D eigenvalue weighted by Crippen LogP contribution is 2.01. The van der Waals surface area contributed by atoms with Gasteiger partial charge in [-0.2, -0.15) is 0 Å². The molecule has 1 unspecified atom stereocenters. The van der Waals surface area contributed by atoms with Crippen molar-refractivity contribution in [2.45, 2.75) is 65.0 Å². The van der Waals surface area contributed by atoms with E-state index in [1.807, 2.05) is 13.8 Å². The molecule has 2 amide bonds. The Bertz CT molecular complexity index is 244. The molecule has 0 bridgehead atoms. The molecule has 0 spiro atoms. The molecule has 5 heteroatoms. The average Bonchev–Trinajstić information content (AvgIpc) is 2.27. The minimum absolute atomic E-state index is 0.121. The minimum atomic E-state index is -0.981. The van der Waals surface area contributed by atoms with Gasteiger partial charge in [0, 0.05) is 6.04 Å². The highest BCUT2D eigenvalue weighted by molar-refractivity contribution is 5.82. The van der Waals surface area contributed by atoms with E-state index in [4.69, 9.17) is 5.11 Å². The maximum atomic E-state index is 11.6. The van der Waals surface area contributed by atoms with Crippen LogP contribution in [0.25, 0.3) is 0 Å². The van der Waals surface area contributed by atoms with Crippen molar-refractivity contribution in [1.29, 1.82) is 0 Å². The van der Waals surface area contributed by atoms with E-state index in [2.05, 4.69) is 17.6 Å². The van der Waals surface area contributed by atoms with Gasteiger partial charge in [-0.1, -0.05) is 33.6 Å². The Labute approximate surface area is 103 Å². The third-order valence-electron chi connectivity index (χ3n) is 2.65. The summed E-state index contributed by atoms with van der Waals surface area (Å²) in [5.41, 5.74) is 0. The van der Waals surface area contributed by atoms with Gasteiger partial charge < -0.3 is 15.7 Å². The number of urea groups is 1. The molecule has 0 radical (unpaired) electrons. The third-order valence-corrected chi connectivity index (χ3v) is 2.65. The van der Waals surface area contributed by atoms with Crippen LogP contribution in [-0.4, -0.2) is 29.2 Å². The average molecular weight is 244 g/mol. The van der Waals surface area contributed by atoms with Crippen LogP contribution in [0.5, 0.6) is 0 Å². The molecule has 5 nitrogen and oxygen atoms in total. The molecule has 0 rings (SSSR count). The lowest BCUT2D eigenvalue weighted by molar-refractivity contribution is -0.139. The molecule has 0 aromatic rings. The molecule has 0 heterocycles. The van der Waals surface area contributed by atoms with E-state index in [0.29, 0.717) is 6.42 Å². The van der Waals surface area contributed by atoms with Gasteiger partial charge in [-0.15, -0.1) is 0 Å². The predicted octanol–water partition coefficient (Wildman–Crippen LogP) is 2.12. The number of rotatable bonds is 8. The summed E-state index contributed by atoms with van der Waals surface area (Å²) in [7, 11) is 0. The molecule has 3 N–H and O–H groups in total. The summed E-state index contributed by atoms with van der Waals surface area (Å²) in [6.45, 7) is 5.95. The van der Waals surface area contributed by atoms with E-state index in [0.717, 1.165) is 25.7 Å². The zero-order valence-electron chi connectivity index (χ0n) is 11.0. The Balaban J connectivity index is 4.16. The number of nitrogens with one attached hydrogen (secondary N) is 2. The van der Waals surface area contributed by atoms with Gasteiger partial charge in [-0.3, -0.25) is 0 Å². The van der Waals surface area contributed by atoms with Crippen molar-refractivity contribution in [2.75, 3.05) is 0 Å². The first-order chi connectivity index (χ1) is 8.04.